The van der Waals surface area contributed by atoms with Crippen molar-refractivity contribution in [2.45, 2.75) is 50.9 Å². The number of aromatic nitrogens is 1. The number of nitrogens with two attached hydrogens (primary N) is 2. The molecule has 5 N–H and O–H groups in total. The van der Waals surface area contributed by atoms with Crippen LogP contribution in [-0.2, 0) is 0 Å². The molecular weight excluding hydrogens is 390 g/mol. The molecule has 29 heavy (non-hydrogen) atoms. The Kier molecular flexibility index (Phi) is 6.38. The fourth-order valence-corrected chi connectivity index (χ4v) is 4.03. The van der Waals surface area contributed by atoms with Crippen LogP contribution in [0.15, 0.2) is 6.07 Å². The molecule has 10 heteroatoms. The predicted molar refractivity (Wildman–Crippen MR) is 103 cm³/mol. The van der Waals surface area contributed by atoms with Crippen molar-refractivity contribution < 1.29 is 22.4 Å². The maximum absolute atomic E-state index is 13.5. The number of carbonyl (C=O) groups is 1. The van der Waals surface area contributed by atoms with Gasteiger partial charge in [0.15, 0.2) is 0 Å². The molecule has 0 unspecified atom stereocenters. The van der Waals surface area contributed by atoms with Gasteiger partial charge in [0.2, 0.25) is 0 Å². The molecule has 0 aromatic carbocycles. The Balaban J connectivity index is 1.64. The number of nitrogen functional groups attached to an aromatic ring is 2. The van der Waals surface area contributed by atoms with E-state index in [4.69, 9.17) is 11.5 Å². The predicted octanol–water partition coefficient (Wildman–Crippen LogP) is 3.28. The molecule has 1 saturated heterocycles. The molecule has 2 aliphatic rings. The molecule has 1 aromatic rings. The molecule has 2 heterocycles. The van der Waals surface area contributed by atoms with E-state index in [1.54, 1.807) is 0 Å². The largest absolute Gasteiger partial charge is 0.396 e. The minimum absolute atomic E-state index is 0.00219. The highest BCUT2D eigenvalue weighted by Crippen LogP contribution is 2.39. The normalized spacial score (nSPS) is 23.8. The lowest BCUT2D eigenvalue weighted by Crippen LogP contribution is -2.38. The molecule has 1 aliphatic heterocycles. The number of anilines is 3. The summed E-state index contributed by atoms with van der Waals surface area (Å²) in [5, 5.41) is 2.80. The Morgan fingerprint density at radius 2 is 1.76 bits per heavy atom. The van der Waals surface area contributed by atoms with E-state index in [1.165, 1.54) is 6.07 Å². The van der Waals surface area contributed by atoms with Gasteiger partial charge in [0.1, 0.15) is 17.8 Å². The van der Waals surface area contributed by atoms with E-state index in [0.29, 0.717) is 51.1 Å². The zero-order valence-electron chi connectivity index (χ0n) is 16.1. The third-order valence-corrected chi connectivity index (χ3v) is 5.89. The minimum Gasteiger partial charge on any atom is -0.396 e. The molecular formula is C19H27F4N5O. The number of alkyl halides is 4. The van der Waals surface area contributed by atoms with Gasteiger partial charge in [0.25, 0.3) is 5.91 Å². The van der Waals surface area contributed by atoms with Gasteiger partial charge in [-0.2, -0.15) is 13.2 Å². The quantitative estimate of drug-likeness (QED) is 0.654. The topological polar surface area (TPSA) is 97.3 Å². The van der Waals surface area contributed by atoms with Crippen LogP contribution in [0.5, 0.6) is 0 Å². The smallest absolute Gasteiger partial charge is 0.391 e. The van der Waals surface area contributed by atoms with Gasteiger partial charge in [0.05, 0.1) is 17.2 Å². The maximum atomic E-state index is 13.5. The highest BCUT2D eigenvalue weighted by molar-refractivity contribution is 6.00. The lowest BCUT2D eigenvalue weighted by Gasteiger charge is -2.31. The average Bonchev–Trinajstić information content (AvgIpc) is 2.68. The Bertz CT molecular complexity index is 726. The third kappa shape index (κ3) is 5.22. The first-order valence-electron chi connectivity index (χ1n) is 9.95. The first kappa shape index (κ1) is 21.4. The Morgan fingerprint density at radius 3 is 2.34 bits per heavy atom. The van der Waals surface area contributed by atoms with Gasteiger partial charge in [-0.25, -0.2) is 9.37 Å². The summed E-state index contributed by atoms with van der Waals surface area (Å²) >= 11 is 0. The van der Waals surface area contributed by atoms with E-state index in [0.717, 1.165) is 0 Å². The number of hydrogen-bond acceptors (Lipinski definition) is 5. The monoisotopic (exact) mass is 417 g/mol. The summed E-state index contributed by atoms with van der Waals surface area (Å²) in [5.41, 5.74) is 12.0. The van der Waals surface area contributed by atoms with Gasteiger partial charge < -0.3 is 21.7 Å². The molecule has 162 valence electrons. The summed E-state index contributed by atoms with van der Waals surface area (Å²) in [5.74, 6) is -1.19. The van der Waals surface area contributed by atoms with Crippen LogP contribution in [0.2, 0.25) is 0 Å². The second-order valence-electron chi connectivity index (χ2n) is 7.96. The van der Waals surface area contributed by atoms with E-state index < -0.39 is 24.2 Å². The number of hydrogen-bond donors (Lipinski definition) is 3. The van der Waals surface area contributed by atoms with Crippen molar-refractivity contribution in [3.05, 3.63) is 11.6 Å². The number of amides is 1. The van der Waals surface area contributed by atoms with Crippen molar-refractivity contribution in [1.82, 2.24) is 10.3 Å². The first-order valence-corrected chi connectivity index (χ1v) is 9.95. The summed E-state index contributed by atoms with van der Waals surface area (Å²) in [4.78, 5) is 18.8. The van der Waals surface area contributed by atoms with Gasteiger partial charge in [-0.1, -0.05) is 0 Å². The summed E-state index contributed by atoms with van der Waals surface area (Å²) < 4.78 is 51.8. The standard InChI is InChI=1S/C19H27F4N5O/c20-13-5-7-28(8-6-13)17-14(9-15(24)16(25)27-17)18(29)26-10-11-1-3-12(4-2-11)19(21,22)23/h9,11-13H,1-8,10,24H2,(H2,25,27)(H,26,29). The van der Waals surface area contributed by atoms with Crippen molar-refractivity contribution in [2.24, 2.45) is 11.8 Å². The molecule has 1 aromatic heterocycles. The van der Waals surface area contributed by atoms with Crippen LogP contribution < -0.4 is 21.7 Å². The zero-order valence-corrected chi connectivity index (χ0v) is 16.1. The Morgan fingerprint density at radius 1 is 1.14 bits per heavy atom. The van der Waals surface area contributed by atoms with Crippen molar-refractivity contribution in [1.29, 1.82) is 0 Å². The van der Waals surface area contributed by atoms with E-state index in [2.05, 4.69) is 10.3 Å². The van der Waals surface area contributed by atoms with Gasteiger partial charge in [-0.3, -0.25) is 4.79 Å². The second kappa shape index (κ2) is 8.62. The van der Waals surface area contributed by atoms with Crippen LogP contribution in [0.3, 0.4) is 0 Å². The summed E-state index contributed by atoms with van der Waals surface area (Å²) in [6.07, 6.45) is -3.32. The SMILES string of the molecule is Nc1cc(C(=O)NCC2CCC(C(F)(F)F)CC2)c(N2CCC(F)CC2)nc1N. The fourth-order valence-electron chi connectivity index (χ4n) is 4.03. The minimum atomic E-state index is -4.15. The highest BCUT2D eigenvalue weighted by atomic mass is 19.4. The number of carbonyl (C=O) groups excluding carboxylic acids is 1. The number of rotatable bonds is 4. The van der Waals surface area contributed by atoms with Crippen LogP contribution in [0.4, 0.5) is 34.9 Å². The van der Waals surface area contributed by atoms with Crippen molar-refractivity contribution in [3.8, 4) is 0 Å². The molecule has 0 spiro atoms. The van der Waals surface area contributed by atoms with Crippen LogP contribution >= 0.6 is 0 Å². The maximum Gasteiger partial charge on any atom is 0.391 e. The molecule has 0 radical (unpaired) electrons. The molecule has 1 saturated carbocycles. The molecule has 3 rings (SSSR count). The number of halogens is 4. The lowest BCUT2D eigenvalue weighted by molar-refractivity contribution is -0.183. The van der Waals surface area contributed by atoms with Crippen LogP contribution in [0, 0.1) is 11.8 Å². The molecule has 1 aliphatic carbocycles. The Labute approximate surface area is 167 Å². The van der Waals surface area contributed by atoms with Crippen molar-refractivity contribution >= 4 is 23.2 Å². The van der Waals surface area contributed by atoms with Crippen LogP contribution in [0.25, 0.3) is 0 Å². The molecule has 0 atom stereocenters. The number of piperidine rings is 1. The number of nitrogens with one attached hydrogen (secondary N) is 1. The fraction of sp³-hybridized carbons (Fsp3) is 0.684. The van der Waals surface area contributed by atoms with E-state index >= 15 is 0 Å². The number of pyridine rings is 1. The van der Waals surface area contributed by atoms with Gasteiger partial charge in [-0.05, 0) is 50.5 Å². The summed E-state index contributed by atoms with van der Waals surface area (Å²) in [7, 11) is 0. The van der Waals surface area contributed by atoms with Crippen LogP contribution in [0.1, 0.15) is 48.9 Å². The van der Waals surface area contributed by atoms with Gasteiger partial charge in [-0.15, -0.1) is 0 Å². The molecule has 0 bridgehead atoms. The van der Waals surface area contributed by atoms with E-state index in [-0.39, 0.29) is 35.8 Å². The highest BCUT2D eigenvalue weighted by Gasteiger charge is 2.41. The molecule has 6 nitrogen and oxygen atoms in total. The number of nitrogens with zero attached hydrogens (tertiary/aromatic N) is 2. The zero-order chi connectivity index (χ0) is 21.2. The van der Waals surface area contributed by atoms with E-state index in [1.807, 2.05) is 4.90 Å². The molecule has 1 amide bonds. The molecule has 2 fully saturated rings. The second-order valence-corrected chi connectivity index (χ2v) is 7.96. The van der Waals surface area contributed by atoms with Crippen molar-refractivity contribution in [2.75, 3.05) is 36.0 Å². The average molecular weight is 417 g/mol. The van der Waals surface area contributed by atoms with Crippen LogP contribution in [-0.4, -0.2) is 42.9 Å². The van der Waals surface area contributed by atoms with Gasteiger partial charge >= 0.3 is 6.18 Å². The van der Waals surface area contributed by atoms with Gasteiger partial charge in [0, 0.05) is 19.6 Å². The van der Waals surface area contributed by atoms with Crippen molar-refractivity contribution in [3.63, 3.8) is 0 Å². The summed E-state index contributed by atoms with van der Waals surface area (Å²) in [6.45, 7) is 1.12. The lowest BCUT2D eigenvalue weighted by atomic mass is 9.81. The Hall–Kier alpha value is -2.26. The third-order valence-electron chi connectivity index (χ3n) is 5.89. The summed E-state index contributed by atoms with van der Waals surface area (Å²) in [6, 6.07) is 1.45. The first-order chi connectivity index (χ1) is 13.6. The van der Waals surface area contributed by atoms with E-state index in [9.17, 15) is 22.4 Å².